The zero-order valence-electron chi connectivity index (χ0n) is 17.4. The number of piperazine rings is 1. The maximum Gasteiger partial charge on any atom is 0.273 e. The number of amides is 1. The molecule has 0 spiro atoms. The number of ether oxygens (including phenoxy) is 1. The Morgan fingerprint density at radius 1 is 1.13 bits per heavy atom. The number of rotatable bonds is 5. The Bertz CT molecular complexity index is 1120. The van der Waals surface area contributed by atoms with Crippen LogP contribution in [0.1, 0.15) is 15.9 Å². The van der Waals surface area contributed by atoms with Crippen molar-refractivity contribution >= 4 is 17.5 Å². The molecule has 31 heavy (non-hydrogen) atoms. The molecule has 160 valence electrons. The normalized spacial score (nSPS) is 13.9. The number of hydrogen-bond acceptors (Lipinski definition) is 6. The molecule has 0 radical (unpaired) electrons. The van der Waals surface area contributed by atoms with E-state index in [0.29, 0.717) is 37.3 Å². The Kier molecular flexibility index (Phi) is 5.57. The first-order valence-electron chi connectivity index (χ1n) is 9.95. The van der Waals surface area contributed by atoms with Gasteiger partial charge in [0.15, 0.2) is 0 Å². The van der Waals surface area contributed by atoms with E-state index in [2.05, 4.69) is 9.88 Å². The summed E-state index contributed by atoms with van der Waals surface area (Å²) < 4.78 is 7.31. The number of hydrogen-bond donors (Lipinski definition) is 0. The van der Waals surface area contributed by atoms with Crippen molar-refractivity contribution in [1.82, 2.24) is 14.5 Å². The van der Waals surface area contributed by atoms with Crippen molar-refractivity contribution in [1.29, 1.82) is 0 Å². The summed E-state index contributed by atoms with van der Waals surface area (Å²) in [4.78, 5) is 32.1. The molecule has 1 amide bonds. The number of nitro benzene ring substituents is 1. The molecular formula is C22H23N5O4. The van der Waals surface area contributed by atoms with Crippen LogP contribution in [0.15, 0.2) is 54.9 Å². The van der Waals surface area contributed by atoms with Crippen molar-refractivity contribution in [2.75, 3.05) is 38.2 Å². The molecule has 2 aromatic carbocycles. The SMILES string of the molecule is COc1cccc(-n2ccnc2N2CCN(C(=O)c3cccc([N+](=O)[O-])c3C)CC2)c1. The fraction of sp³-hybridized carbons (Fsp3) is 0.273. The van der Waals surface area contributed by atoms with E-state index in [1.165, 1.54) is 6.07 Å². The highest BCUT2D eigenvalue weighted by Gasteiger charge is 2.27. The summed E-state index contributed by atoms with van der Waals surface area (Å²) in [7, 11) is 1.63. The Morgan fingerprint density at radius 2 is 1.87 bits per heavy atom. The lowest BCUT2D eigenvalue weighted by Gasteiger charge is -2.35. The van der Waals surface area contributed by atoms with Gasteiger partial charge in [0.1, 0.15) is 5.75 Å². The highest BCUT2D eigenvalue weighted by Crippen LogP contribution is 2.25. The minimum atomic E-state index is -0.456. The highest BCUT2D eigenvalue weighted by atomic mass is 16.6. The van der Waals surface area contributed by atoms with Gasteiger partial charge < -0.3 is 14.5 Å². The molecule has 1 fully saturated rings. The van der Waals surface area contributed by atoms with Gasteiger partial charge in [-0.3, -0.25) is 19.5 Å². The molecule has 0 unspecified atom stereocenters. The van der Waals surface area contributed by atoms with Gasteiger partial charge in [-0.1, -0.05) is 12.1 Å². The first-order valence-corrected chi connectivity index (χ1v) is 9.95. The third-order valence-electron chi connectivity index (χ3n) is 5.53. The van der Waals surface area contributed by atoms with Gasteiger partial charge >= 0.3 is 0 Å². The second-order valence-corrected chi connectivity index (χ2v) is 7.28. The average molecular weight is 421 g/mol. The molecule has 2 heterocycles. The molecule has 1 aliphatic heterocycles. The molecule has 9 nitrogen and oxygen atoms in total. The van der Waals surface area contributed by atoms with Crippen molar-refractivity contribution < 1.29 is 14.5 Å². The summed E-state index contributed by atoms with van der Waals surface area (Å²) >= 11 is 0. The lowest BCUT2D eigenvalue weighted by atomic mass is 10.1. The molecule has 0 aliphatic carbocycles. The fourth-order valence-electron chi connectivity index (χ4n) is 3.82. The number of methoxy groups -OCH3 is 1. The molecule has 1 aliphatic rings. The van der Waals surface area contributed by atoms with E-state index in [1.807, 2.05) is 35.0 Å². The van der Waals surface area contributed by atoms with Crippen LogP contribution in [-0.2, 0) is 0 Å². The second kappa shape index (κ2) is 8.47. The number of carbonyl (C=O) groups excluding carboxylic acids is 1. The van der Waals surface area contributed by atoms with Crippen LogP contribution in [0.2, 0.25) is 0 Å². The summed E-state index contributed by atoms with van der Waals surface area (Å²) in [6.45, 7) is 3.85. The topological polar surface area (TPSA) is 93.7 Å². The molecule has 4 rings (SSSR count). The standard InChI is InChI=1S/C22H23N5O4/c1-16-19(7-4-8-20(16)27(29)30)21(28)24-11-13-25(14-12-24)22-23-9-10-26(22)17-5-3-6-18(15-17)31-2/h3-10,15H,11-14H2,1-2H3. The largest absolute Gasteiger partial charge is 0.497 e. The lowest BCUT2D eigenvalue weighted by Crippen LogP contribution is -2.49. The van der Waals surface area contributed by atoms with Crippen LogP contribution >= 0.6 is 0 Å². The van der Waals surface area contributed by atoms with Gasteiger partial charge in [0.2, 0.25) is 5.95 Å². The van der Waals surface area contributed by atoms with Gasteiger partial charge in [-0.25, -0.2) is 4.98 Å². The summed E-state index contributed by atoms with van der Waals surface area (Å²) in [5.74, 6) is 1.38. The van der Waals surface area contributed by atoms with Gasteiger partial charge in [-0.15, -0.1) is 0 Å². The molecular weight excluding hydrogens is 398 g/mol. The zero-order chi connectivity index (χ0) is 22.0. The van der Waals surface area contributed by atoms with E-state index in [4.69, 9.17) is 4.74 Å². The minimum absolute atomic E-state index is 0.0372. The molecule has 9 heteroatoms. The summed E-state index contributed by atoms with van der Waals surface area (Å²) in [6.07, 6.45) is 3.65. The maximum atomic E-state index is 13.0. The van der Waals surface area contributed by atoms with Crippen LogP contribution < -0.4 is 9.64 Å². The number of anilines is 1. The first-order chi connectivity index (χ1) is 15.0. The first kappa shape index (κ1) is 20.4. The number of aromatic nitrogens is 2. The van der Waals surface area contributed by atoms with E-state index in [0.717, 1.165) is 17.4 Å². The molecule has 0 saturated carbocycles. The quantitative estimate of drug-likeness (QED) is 0.464. The van der Waals surface area contributed by atoms with Crippen molar-refractivity contribution in [2.24, 2.45) is 0 Å². The number of nitro groups is 1. The fourth-order valence-corrected chi connectivity index (χ4v) is 3.82. The van der Waals surface area contributed by atoms with Crippen LogP contribution in [0.3, 0.4) is 0 Å². The molecule has 0 bridgehead atoms. The minimum Gasteiger partial charge on any atom is -0.497 e. The molecule has 3 aromatic rings. The summed E-state index contributed by atoms with van der Waals surface area (Å²) in [6, 6.07) is 12.4. The second-order valence-electron chi connectivity index (χ2n) is 7.28. The third kappa shape index (κ3) is 3.94. The van der Waals surface area contributed by atoms with E-state index in [9.17, 15) is 14.9 Å². The number of carbonyl (C=O) groups is 1. The average Bonchev–Trinajstić information content (AvgIpc) is 3.29. The smallest absolute Gasteiger partial charge is 0.273 e. The van der Waals surface area contributed by atoms with E-state index >= 15 is 0 Å². The van der Waals surface area contributed by atoms with Gasteiger partial charge in [-0.2, -0.15) is 0 Å². The van der Waals surface area contributed by atoms with Gasteiger partial charge in [0.05, 0.1) is 17.7 Å². The van der Waals surface area contributed by atoms with Crippen molar-refractivity contribution in [3.63, 3.8) is 0 Å². The van der Waals surface area contributed by atoms with Gasteiger partial charge in [-0.05, 0) is 25.1 Å². The number of imidazole rings is 1. The lowest BCUT2D eigenvalue weighted by molar-refractivity contribution is -0.385. The molecule has 1 aromatic heterocycles. The zero-order valence-corrected chi connectivity index (χ0v) is 17.4. The summed E-state index contributed by atoms with van der Waals surface area (Å²) in [5, 5.41) is 11.2. The van der Waals surface area contributed by atoms with Crippen LogP contribution in [0.5, 0.6) is 5.75 Å². The Hall–Kier alpha value is -3.88. The monoisotopic (exact) mass is 421 g/mol. The molecule has 0 atom stereocenters. The van der Waals surface area contributed by atoms with Crippen molar-refractivity contribution in [3.8, 4) is 11.4 Å². The van der Waals surface area contributed by atoms with E-state index in [-0.39, 0.29) is 11.6 Å². The van der Waals surface area contributed by atoms with Gasteiger partial charge in [0, 0.05) is 61.8 Å². The van der Waals surface area contributed by atoms with Crippen LogP contribution in [0.25, 0.3) is 5.69 Å². The highest BCUT2D eigenvalue weighted by molar-refractivity contribution is 5.96. The van der Waals surface area contributed by atoms with Crippen LogP contribution in [0, 0.1) is 17.0 Å². The maximum absolute atomic E-state index is 13.0. The van der Waals surface area contributed by atoms with Gasteiger partial charge in [0.25, 0.3) is 11.6 Å². The molecule has 0 N–H and O–H groups in total. The third-order valence-corrected chi connectivity index (χ3v) is 5.53. The van der Waals surface area contributed by atoms with Crippen LogP contribution in [-0.4, -0.2) is 58.6 Å². The predicted molar refractivity (Wildman–Crippen MR) is 116 cm³/mol. The number of nitrogens with zero attached hydrogens (tertiary/aromatic N) is 5. The Labute approximate surface area is 179 Å². The van der Waals surface area contributed by atoms with Crippen molar-refractivity contribution in [2.45, 2.75) is 6.92 Å². The Balaban J connectivity index is 1.49. The van der Waals surface area contributed by atoms with Crippen molar-refractivity contribution in [3.05, 3.63) is 76.1 Å². The van der Waals surface area contributed by atoms with Crippen LogP contribution in [0.4, 0.5) is 11.6 Å². The molecule has 1 saturated heterocycles. The summed E-state index contributed by atoms with van der Waals surface area (Å²) in [5.41, 5.74) is 1.68. The Morgan fingerprint density at radius 3 is 2.58 bits per heavy atom. The van der Waals surface area contributed by atoms with E-state index in [1.54, 1.807) is 37.3 Å². The van der Waals surface area contributed by atoms with E-state index < -0.39 is 4.92 Å². The predicted octanol–water partition coefficient (Wildman–Crippen LogP) is 3.06. The number of benzene rings is 2.